The van der Waals surface area contributed by atoms with Gasteiger partial charge in [-0.2, -0.15) is 0 Å². The third kappa shape index (κ3) is 8.56. The molecule has 0 aromatic rings. The lowest BCUT2D eigenvalue weighted by molar-refractivity contribution is -0.104. The normalized spacial score (nSPS) is 11.6. The van der Waals surface area contributed by atoms with Crippen molar-refractivity contribution in [2.45, 2.75) is 0 Å². The van der Waals surface area contributed by atoms with E-state index in [4.69, 9.17) is 0 Å². The first-order valence-corrected chi connectivity index (χ1v) is 3.28. The van der Waals surface area contributed by atoms with E-state index in [0.717, 1.165) is 6.29 Å². The molecule has 0 rings (SSSR count). The molecule has 0 heterocycles. The molecule has 0 aromatic carbocycles. The number of carbonyl (C=O) groups excluding carboxylic acids is 1. The second-order valence-corrected chi connectivity index (χ2v) is 1.74. The molecule has 0 aliphatic heterocycles. The Hall–Kier alpha value is -1.44. The van der Waals surface area contributed by atoms with E-state index in [1.807, 2.05) is 18.2 Å². The predicted octanol–water partition coefficient (Wildman–Crippen LogP) is 1.55. The number of aliphatic imine (C=N–C) groups is 1. The minimum atomic E-state index is 0.627. The van der Waals surface area contributed by atoms with Gasteiger partial charge in [0.25, 0.3) is 0 Å². The topological polar surface area (TPSA) is 29.4 Å². The highest BCUT2D eigenvalue weighted by molar-refractivity contribution is 5.65. The number of rotatable bonds is 5. The Balaban J connectivity index is 3.50. The van der Waals surface area contributed by atoms with Crippen LogP contribution in [0.5, 0.6) is 0 Å². The van der Waals surface area contributed by atoms with E-state index in [2.05, 4.69) is 11.7 Å². The molecule has 11 heavy (non-hydrogen) atoms. The lowest BCUT2D eigenvalue weighted by atomic mass is 10.4. The van der Waals surface area contributed by atoms with Crippen molar-refractivity contribution in [2.24, 2.45) is 4.99 Å². The fraction of sp³-hybridized carbons (Fsp3) is 0.111. The Kier molecular flexibility index (Phi) is 7.44. The lowest BCUT2D eigenvalue weighted by Gasteiger charge is -1.75. The first-order valence-electron chi connectivity index (χ1n) is 3.28. The zero-order valence-corrected chi connectivity index (χ0v) is 6.31. The van der Waals surface area contributed by atoms with Crippen LogP contribution in [-0.2, 0) is 4.79 Å². The lowest BCUT2D eigenvalue weighted by Crippen LogP contribution is -1.65. The Labute approximate surface area is 66.6 Å². The summed E-state index contributed by atoms with van der Waals surface area (Å²) >= 11 is 0. The summed E-state index contributed by atoms with van der Waals surface area (Å²) < 4.78 is 0. The summed E-state index contributed by atoms with van der Waals surface area (Å²) in [4.78, 5) is 13.4. The van der Waals surface area contributed by atoms with Crippen molar-refractivity contribution in [2.75, 3.05) is 6.54 Å². The number of aldehydes is 1. The van der Waals surface area contributed by atoms with Crippen LogP contribution in [0.1, 0.15) is 0 Å². The fourth-order valence-electron chi connectivity index (χ4n) is 0.452. The van der Waals surface area contributed by atoms with E-state index in [1.54, 1.807) is 12.2 Å². The first kappa shape index (κ1) is 9.56. The van der Waals surface area contributed by atoms with Gasteiger partial charge in [-0.15, -0.1) is 0 Å². The first-order chi connectivity index (χ1) is 5.41. The van der Waals surface area contributed by atoms with Crippen LogP contribution in [0.3, 0.4) is 0 Å². The smallest absolute Gasteiger partial charge is 0.142 e. The van der Waals surface area contributed by atoms with Crippen molar-refractivity contribution in [1.82, 2.24) is 0 Å². The van der Waals surface area contributed by atoms with Crippen LogP contribution in [0.15, 0.2) is 41.4 Å². The largest absolute Gasteiger partial charge is 0.299 e. The van der Waals surface area contributed by atoms with Gasteiger partial charge >= 0.3 is 0 Å². The zero-order valence-electron chi connectivity index (χ0n) is 6.31. The van der Waals surface area contributed by atoms with Gasteiger partial charge in [0.1, 0.15) is 6.29 Å². The van der Waals surface area contributed by atoms with Crippen LogP contribution >= 0.6 is 0 Å². The van der Waals surface area contributed by atoms with E-state index >= 15 is 0 Å². The van der Waals surface area contributed by atoms with Crippen molar-refractivity contribution in [3.05, 3.63) is 36.5 Å². The summed E-state index contributed by atoms with van der Waals surface area (Å²) in [5.74, 6) is 0. The highest BCUT2D eigenvalue weighted by Gasteiger charge is 1.64. The maximum Gasteiger partial charge on any atom is 0.142 e. The summed E-state index contributed by atoms with van der Waals surface area (Å²) in [6.07, 6.45) is 11.1. The van der Waals surface area contributed by atoms with Gasteiger partial charge in [0.15, 0.2) is 0 Å². The number of hydrogen-bond acceptors (Lipinski definition) is 2. The summed E-state index contributed by atoms with van der Waals surface area (Å²) in [6.45, 7) is 3.95. The van der Waals surface area contributed by atoms with Gasteiger partial charge < -0.3 is 0 Å². The summed E-state index contributed by atoms with van der Waals surface area (Å²) in [6, 6.07) is 0. The van der Waals surface area contributed by atoms with Crippen LogP contribution in [0.2, 0.25) is 0 Å². The van der Waals surface area contributed by atoms with Crippen molar-refractivity contribution in [1.29, 1.82) is 0 Å². The van der Waals surface area contributed by atoms with E-state index in [1.165, 1.54) is 6.08 Å². The summed E-state index contributed by atoms with van der Waals surface area (Å²) in [7, 11) is 0. The number of hydrogen-bond donors (Lipinski definition) is 0. The summed E-state index contributed by atoms with van der Waals surface area (Å²) in [5.41, 5.74) is 0. The molecule has 0 amide bonds. The van der Waals surface area contributed by atoms with Gasteiger partial charge in [0, 0.05) is 0 Å². The van der Waals surface area contributed by atoms with Crippen LogP contribution in [0, 0.1) is 0 Å². The van der Waals surface area contributed by atoms with Crippen LogP contribution < -0.4 is 0 Å². The minimum absolute atomic E-state index is 0.627. The third-order valence-electron chi connectivity index (χ3n) is 0.894. The zero-order chi connectivity index (χ0) is 8.36. The van der Waals surface area contributed by atoms with Crippen LogP contribution in [0.4, 0.5) is 0 Å². The van der Waals surface area contributed by atoms with E-state index in [0.29, 0.717) is 6.54 Å². The van der Waals surface area contributed by atoms with Gasteiger partial charge in [0.2, 0.25) is 0 Å². The molecule has 0 aliphatic carbocycles. The van der Waals surface area contributed by atoms with Crippen molar-refractivity contribution < 1.29 is 4.79 Å². The highest BCUT2D eigenvalue weighted by atomic mass is 16.1. The molecule has 0 aliphatic rings. The molecule has 2 heteroatoms. The molecule has 2 nitrogen and oxygen atoms in total. The average Bonchev–Trinajstić information content (AvgIpc) is 2.03. The van der Waals surface area contributed by atoms with Crippen molar-refractivity contribution in [3.63, 3.8) is 0 Å². The number of allylic oxidation sites excluding steroid dienone is 5. The SMILES string of the molecule is C=NC\C=C/C=C\C=C/C=O. The maximum absolute atomic E-state index is 9.78. The molecule has 58 valence electrons. The maximum atomic E-state index is 9.78. The van der Waals surface area contributed by atoms with Crippen molar-refractivity contribution >= 4 is 13.0 Å². The molecule has 0 saturated heterocycles. The monoisotopic (exact) mass is 149 g/mol. The number of carbonyl (C=O) groups is 1. The van der Waals surface area contributed by atoms with Gasteiger partial charge in [0.05, 0.1) is 6.54 Å². The standard InChI is InChI=1S/C9H11NO/c1-10-8-6-4-2-3-5-7-9-11/h2-7,9H,1,8H2/b3-2-,6-4-,7-5-. The molecular weight excluding hydrogens is 138 g/mol. The van der Waals surface area contributed by atoms with Gasteiger partial charge in [-0.3, -0.25) is 9.79 Å². The number of nitrogens with zero attached hydrogens (tertiary/aromatic N) is 1. The summed E-state index contributed by atoms with van der Waals surface area (Å²) in [5, 5.41) is 0. The second-order valence-electron chi connectivity index (χ2n) is 1.74. The van der Waals surface area contributed by atoms with Gasteiger partial charge in [-0.25, -0.2) is 0 Å². The third-order valence-corrected chi connectivity index (χ3v) is 0.894. The predicted molar refractivity (Wildman–Crippen MR) is 47.9 cm³/mol. The van der Waals surface area contributed by atoms with Crippen molar-refractivity contribution in [3.8, 4) is 0 Å². The molecule has 0 bridgehead atoms. The van der Waals surface area contributed by atoms with Crippen LogP contribution in [-0.4, -0.2) is 19.5 Å². The molecule has 0 spiro atoms. The molecule has 0 unspecified atom stereocenters. The molecule has 0 atom stereocenters. The quantitative estimate of drug-likeness (QED) is 0.252. The molecular formula is C9H11NO. The molecule has 0 fully saturated rings. The molecule has 0 saturated carbocycles. The van der Waals surface area contributed by atoms with Crippen LogP contribution in [0.25, 0.3) is 0 Å². The Morgan fingerprint density at radius 1 is 1.09 bits per heavy atom. The van der Waals surface area contributed by atoms with E-state index in [9.17, 15) is 4.79 Å². The molecule has 0 radical (unpaired) electrons. The van der Waals surface area contributed by atoms with E-state index in [-0.39, 0.29) is 0 Å². The molecule has 0 N–H and O–H groups in total. The van der Waals surface area contributed by atoms with Gasteiger partial charge in [-0.1, -0.05) is 30.4 Å². The minimum Gasteiger partial charge on any atom is -0.299 e. The average molecular weight is 149 g/mol. The second kappa shape index (κ2) is 8.56. The van der Waals surface area contributed by atoms with E-state index < -0.39 is 0 Å². The Morgan fingerprint density at radius 2 is 1.73 bits per heavy atom. The molecule has 0 aromatic heterocycles. The Bertz CT molecular complexity index is 190. The fourth-order valence-corrected chi connectivity index (χ4v) is 0.452. The Morgan fingerprint density at radius 3 is 2.36 bits per heavy atom. The highest BCUT2D eigenvalue weighted by Crippen LogP contribution is 1.79. The van der Waals surface area contributed by atoms with Gasteiger partial charge in [-0.05, 0) is 12.8 Å².